The topological polar surface area (TPSA) is 38.8 Å². The van der Waals surface area contributed by atoms with Crippen LogP contribution in [-0.4, -0.2) is 19.1 Å². The molecule has 4 heteroatoms. The second-order valence-electron chi connectivity index (χ2n) is 6.18. The maximum Gasteiger partial charge on any atom is 0.268 e. The molecule has 3 aromatic carbocycles. The number of carbonyl (C=O) groups is 1. The summed E-state index contributed by atoms with van der Waals surface area (Å²) >= 11 is 0. The van der Waals surface area contributed by atoms with Crippen molar-refractivity contribution in [2.45, 2.75) is 19.6 Å². The Hall–Kier alpha value is -3.27. The molecule has 0 saturated heterocycles. The highest BCUT2D eigenvalue weighted by Gasteiger charge is 2.24. The van der Waals surface area contributed by atoms with Gasteiger partial charge in [-0.1, -0.05) is 54.6 Å². The van der Waals surface area contributed by atoms with Gasteiger partial charge in [-0.15, -0.1) is 0 Å². The van der Waals surface area contributed by atoms with E-state index in [1.165, 1.54) is 0 Å². The Labute approximate surface area is 160 Å². The van der Waals surface area contributed by atoms with Crippen molar-refractivity contribution in [1.29, 1.82) is 0 Å². The van der Waals surface area contributed by atoms with Crippen molar-refractivity contribution in [2.24, 2.45) is 0 Å². The highest BCUT2D eigenvalue weighted by molar-refractivity contribution is 5.96. The molecule has 0 aromatic heterocycles. The molecule has 0 heterocycles. The van der Waals surface area contributed by atoms with Crippen LogP contribution in [0.5, 0.6) is 11.5 Å². The monoisotopic (exact) mass is 361 g/mol. The number of benzene rings is 3. The minimum absolute atomic E-state index is 0.104. The van der Waals surface area contributed by atoms with E-state index < -0.39 is 6.10 Å². The van der Waals surface area contributed by atoms with Gasteiger partial charge in [-0.05, 0) is 36.8 Å². The van der Waals surface area contributed by atoms with Gasteiger partial charge in [0, 0.05) is 11.8 Å². The summed E-state index contributed by atoms with van der Waals surface area (Å²) in [6, 6.07) is 26.8. The van der Waals surface area contributed by atoms with Crippen LogP contribution in [0.25, 0.3) is 0 Å². The molecule has 1 amide bonds. The van der Waals surface area contributed by atoms with Crippen molar-refractivity contribution in [1.82, 2.24) is 0 Å². The average molecular weight is 361 g/mol. The Morgan fingerprint density at radius 3 is 2.19 bits per heavy atom. The summed E-state index contributed by atoms with van der Waals surface area (Å²) in [6.45, 7) is 2.25. The zero-order valence-electron chi connectivity index (χ0n) is 15.5. The number of amides is 1. The van der Waals surface area contributed by atoms with Crippen LogP contribution in [0.15, 0.2) is 84.9 Å². The molecule has 0 fully saturated rings. The Kier molecular flexibility index (Phi) is 6.10. The number of carbonyl (C=O) groups excluding carboxylic acids is 1. The normalized spacial score (nSPS) is 11.5. The summed E-state index contributed by atoms with van der Waals surface area (Å²) in [7, 11) is 1.60. The number of ether oxygens (including phenoxy) is 2. The van der Waals surface area contributed by atoms with Crippen LogP contribution in [-0.2, 0) is 11.3 Å². The van der Waals surface area contributed by atoms with Gasteiger partial charge in [0.2, 0.25) is 0 Å². The molecule has 0 N–H and O–H groups in total. The molecule has 0 aliphatic heterocycles. The molecule has 3 rings (SSSR count). The maximum absolute atomic E-state index is 13.2. The van der Waals surface area contributed by atoms with Crippen LogP contribution >= 0.6 is 0 Å². The van der Waals surface area contributed by atoms with Crippen molar-refractivity contribution >= 4 is 11.6 Å². The lowest BCUT2D eigenvalue weighted by Crippen LogP contribution is -2.40. The predicted octanol–water partition coefficient (Wildman–Crippen LogP) is 4.70. The SMILES string of the molecule is COc1cccc(OC(C)C(=O)N(Cc2ccccc2)c2ccccc2)c1. The Bertz CT molecular complexity index is 865. The fraction of sp³-hybridized carbons (Fsp3) is 0.174. The van der Waals surface area contributed by atoms with Crippen LogP contribution in [0.2, 0.25) is 0 Å². The summed E-state index contributed by atoms with van der Waals surface area (Å²) in [4.78, 5) is 14.9. The molecule has 4 nitrogen and oxygen atoms in total. The van der Waals surface area contributed by atoms with Crippen LogP contribution in [0.3, 0.4) is 0 Å². The fourth-order valence-corrected chi connectivity index (χ4v) is 2.82. The number of methoxy groups -OCH3 is 1. The van der Waals surface area contributed by atoms with Gasteiger partial charge in [0.25, 0.3) is 5.91 Å². The van der Waals surface area contributed by atoms with E-state index in [1.54, 1.807) is 25.0 Å². The molecular weight excluding hydrogens is 338 g/mol. The molecular formula is C23H23NO3. The number of hydrogen-bond donors (Lipinski definition) is 0. The first-order valence-corrected chi connectivity index (χ1v) is 8.88. The molecule has 0 spiro atoms. The molecule has 1 unspecified atom stereocenters. The third-order valence-corrected chi connectivity index (χ3v) is 4.22. The van der Waals surface area contributed by atoms with Gasteiger partial charge in [-0.3, -0.25) is 4.79 Å². The lowest BCUT2D eigenvalue weighted by atomic mass is 10.1. The number of para-hydroxylation sites is 1. The molecule has 0 aliphatic rings. The van der Waals surface area contributed by atoms with Crippen molar-refractivity contribution in [2.75, 3.05) is 12.0 Å². The van der Waals surface area contributed by atoms with Gasteiger partial charge in [-0.25, -0.2) is 0 Å². The van der Waals surface area contributed by atoms with Gasteiger partial charge in [0.1, 0.15) is 11.5 Å². The third kappa shape index (κ3) is 4.88. The Balaban J connectivity index is 1.81. The number of nitrogens with zero attached hydrogens (tertiary/aromatic N) is 1. The lowest BCUT2D eigenvalue weighted by molar-refractivity contribution is -0.124. The van der Waals surface area contributed by atoms with Crippen molar-refractivity contribution in [3.63, 3.8) is 0 Å². The Morgan fingerprint density at radius 2 is 1.52 bits per heavy atom. The Morgan fingerprint density at radius 1 is 0.889 bits per heavy atom. The minimum Gasteiger partial charge on any atom is -0.497 e. The van der Waals surface area contributed by atoms with E-state index in [9.17, 15) is 4.79 Å². The van der Waals surface area contributed by atoms with Crippen molar-refractivity contribution < 1.29 is 14.3 Å². The zero-order chi connectivity index (χ0) is 19.1. The van der Waals surface area contributed by atoms with Crippen LogP contribution < -0.4 is 14.4 Å². The van der Waals surface area contributed by atoms with Crippen LogP contribution in [0, 0.1) is 0 Å². The van der Waals surface area contributed by atoms with Crippen molar-refractivity contribution in [3.8, 4) is 11.5 Å². The summed E-state index contributed by atoms with van der Waals surface area (Å²) in [5, 5.41) is 0. The molecule has 0 radical (unpaired) electrons. The second-order valence-corrected chi connectivity index (χ2v) is 6.18. The summed E-state index contributed by atoms with van der Waals surface area (Å²) in [5.41, 5.74) is 1.90. The molecule has 27 heavy (non-hydrogen) atoms. The standard InChI is InChI=1S/C23H23NO3/c1-18(27-22-15-9-14-21(16-22)26-2)23(25)24(20-12-7-4-8-13-20)17-19-10-5-3-6-11-19/h3-16,18H,17H2,1-2H3. The van der Waals surface area contributed by atoms with E-state index in [0.29, 0.717) is 18.0 Å². The van der Waals surface area contributed by atoms with Gasteiger partial charge in [0.05, 0.1) is 13.7 Å². The van der Waals surface area contributed by atoms with Gasteiger partial charge in [0.15, 0.2) is 6.10 Å². The smallest absolute Gasteiger partial charge is 0.268 e. The van der Waals surface area contributed by atoms with E-state index >= 15 is 0 Å². The van der Waals surface area contributed by atoms with Crippen molar-refractivity contribution in [3.05, 3.63) is 90.5 Å². The molecule has 1 atom stereocenters. The van der Waals surface area contributed by atoms with E-state index in [0.717, 1.165) is 11.3 Å². The van der Waals surface area contributed by atoms with E-state index in [2.05, 4.69) is 0 Å². The molecule has 0 bridgehead atoms. The first-order valence-electron chi connectivity index (χ1n) is 8.88. The van der Waals surface area contributed by atoms with E-state index in [4.69, 9.17) is 9.47 Å². The second kappa shape index (κ2) is 8.90. The minimum atomic E-state index is -0.638. The molecule has 138 valence electrons. The number of anilines is 1. The van der Waals surface area contributed by atoms with Crippen LogP contribution in [0.4, 0.5) is 5.69 Å². The lowest BCUT2D eigenvalue weighted by Gasteiger charge is -2.26. The van der Waals surface area contributed by atoms with Gasteiger partial charge < -0.3 is 14.4 Å². The van der Waals surface area contributed by atoms with E-state index in [1.807, 2.05) is 78.9 Å². The zero-order valence-corrected chi connectivity index (χ0v) is 15.5. The highest BCUT2D eigenvalue weighted by atomic mass is 16.5. The molecule has 0 aliphatic carbocycles. The molecule has 0 saturated carbocycles. The fourth-order valence-electron chi connectivity index (χ4n) is 2.82. The first kappa shape index (κ1) is 18.5. The summed E-state index contributed by atoms with van der Waals surface area (Å²) in [5.74, 6) is 1.19. The largest absolute Gasteiger partial charge is 0.497 e. The highest BCUT2D eigenvalue weighted by Crippen LogP contribution is 2.23. The number of hydrogen-bond acceptors (Lipinski definition) is 3. The summed E-state index contributed by atoms with van der Waals surface area (Å²) in [6.07, 6.45) is -0.638. The van der Waals surface area contributed by atoms with E-state index in [-0.39, 0.29) is 5.91 Å². The first-order chi connectivity index (χ1) is 13.2. The van der Waals surface area contributed by atoms with Gasteiger partial charge >= 0.3 is 0 Å². The summed E-state index contributed by atoms with van der Waals surface area (Å²) < 4.78 is 11.1. The average Bonchev–Trinajstić information content (AvgIpc) is 2.73. The maximum atomic E-state index is 13.2. The quantitative estimate of drug-likeness (QED) is 0.612. The van der Waals surface area contributed by atoms with Gasteiger partial charge in [-0.2, -0.15) is 0 Å². The number of rotatable bonds is 7. The molecule has 3 aromatic rings. The predicted molar refractivity (Wildman–Crippen MR) is 107 cm³/mol. The third-order valence-electron chi connectivity index (χ3n) is 4.22. The van der Waals surface area contributed by atoms with Crippen LogP contribution in [0.1, 0.15) is 12.5 Å².